The van der Waals surface area contributed by atoms with E-state index in [1.54, 1.807) is 0 Å². The van der Waals surface area contributed by atoms with Gasteiger partial charge >= 0.3 is 0 Å². The van der Waals surface area contributed by atoms with Crippen molar-refractivity contribution in [2.24, 2.45) is 0 Å². The van der Waals surface area contributed by atoms with Crippen LogP contribution in [0, 0.1) is 0 Å². The lowest BCUT2D eigenvalue weighted by molar-refractivity contribution is 0.660. The Morgan fingerprint density at radius 2 is 1.31 bits per heavy atom. The number of aromatic nitrogens is 1. The smallest absolute Gasteiger partial charge is 0.0543 e. The molecule has 0 saturated carbocycles. The van der Waals surface area contributed by atoms with E-state index in [4.69, 9.17) is 0 Å². The molecule has 0 spiro atoms. The van der Waals surface area contributed by atoms with Crippen molar-refractivity contribution >= 4 is 37.7 Å². The van der Waals surface area contributed by atoms with Crippen LogP contribution in [0.25, 0.3) is 49.7 Å². The maximum absolute atomic E-state index is 3.63. The van der Waals surface area contributed by atoms with Crippen LogP contribution < -0.4 is 0 Å². The molecule has 0 radical (unpaired) electrons. The maximum Gasteiger partial charge on any atom is 0.0543 e. The van der Waals surface area contributed by atoms with Gasteiger partial charge in [-0.3, -0.25) is 0 Å². The third-order valence-electron chi connectivity index (χ3n) is 7.66. The highest BCUT2D eigenvalue weighted by Gasteiger charge is 2.37. The third-order valence-corrected chi connectivity index (χ3v) is 8.15. The zero-order valence-electron chi connectivity index (χ0n) is 19.7. The summed E-state index contributed by atoms with van der Waals surface area (Å²) >= 11 is 3.63. The van der Waals surface area contributed by atoms with Crippen molar-refractivity contribution in [1.29, 1.82) is 0 Å². The van der Waals surface area contributed by atoms with Crippen LogP contribution in [-0.4, -0.2) is 4.57 Å². The van der Waals surface area contributed by atoms with Gasteiger partial charge in [0.25, 0.3) is 0 Å². The highest BCUT2D eigenvalue weighted by atomic mass is 79.9. The lowest BCUT2D eigenvalue weighted by Gasteiger charge is -2.21. The van der Waals surface area contributed by atoms with Crippen molar-refractivity contribution in [1.82, 2.24) is 4.57 Å². The van der Waals surface area contributed by atoms with Crippen LogP contribution in [0.4, 0.5) is 0 Å². The Morgan fingerprint density at radius 3 is 2.20 bits per heavy atom. The highest BCUT2D eigenvalue weighted by Crippen LogP contribution is 2.51. The molecule has 2 heteroatoms. The molecule has 1 heterocycles. The molecule has 0 saturated heterocycles. The lowest BCUT2D eigenvalue weighted by Crippen LogP contribution is -2.14. The minimum Gasteiger partial charge on any atom is -0.309 e. The average molecular weight is 514 g/mol. The van der Waals surface area contributed by atoms with Gasteiger partial charge in [0.2, 0.25) is 0 Å². The summed E-state index contributed by atoms with van der Waals surface area (Å²) in [5.41, 5.74) is 11.7. The van der Waals surface area contributed by atoms with Crippen LogP contribution >= 0.6 is 15.9 Å². The zero-order chi connectivity index (χ0) is 23.7. The predicted molar refractivity (Wildman–Crippen MR) is 151 cm³/mol. The van der Waals surface area contributed by atoms with Gasteiger partial charge in [0.1, 0.15) is 0 Å². The van der Waals surface area contributed by atoms with Crippen LogP contribution in [0.2, 0.25) is 0 Å². The second-order valence-corrected chi connectivity index (χ2v) is 10.9. The summed E-state index contributed by atoms with van der Waals surface area (Å²) in [6.45, 7) is 4.69. The van der Waals surface area contributed by atoms with Gasteiger partial charge in [-0.15, -0.1) is 0 Å². The van der Waals surface area contributed by atoms with Crippen molar-refractivity contribution < 1.29 is 0 Å². The summed E-state index contributed by atoms with van der Waals surface area (Å²) in [5.74, 6) is 0. The standard InChI is InChI=1S/C33H24BrN/c1-33(2)27-13-5-3-12-25(27)32-28(33)14-8-16-31(32)35-29-15-6-4-11-24(29)26-20-22(17-18-30(26)35)21-9-7-10-23(34)19-21/h3-20H,1-2H3. The Kier molecular flexibility index (Phi) is 4.40. The van der Waals surface area contributed by atoms with Crippen LogP contribution in [0.1, 0.15) is 25.0 Å². The summed E-state index contributed by atoms with van der Waals surface area (Å²) in [6.07, 6.45) is 0. The fourth-order valence-electron chi connectivity index (χ4n) is 6.00. The summed E-state index contributed by atoms with van der Waals surface area (Å²) in [4.78, 5) is 0. The molecule has 0 fully saturated rings. The molecule has 6 aromatic rings. The van der Waals surface area contributed by atoms with Gasteiger partial charge in [-0.05, 0) is 64.2 Å². The van der Waals surface area contributed by atoms with Crippen molar-refractivity contribution in [3.05, 3.63) is 125 Å². The van der Waals surface area contributed by atoms with Gasteiger partial charge in [0.15, 0.2) is 0 Å². The van der Waals surface area contributed by atoms with E-state index in [0.717, 1.165) is 4.47 Å². The minimum absolute atomic E-state index is 0.0193. The largest absolute Gasteiger partial charge is 0.309 e. The zero-order valence-corrected chi connectivity index (χ0v) is 21.3. The number of halogens is 1. The predicted octanol–water partition coefficient (Wildman–Crippen LogP) is 9.52. The summed E-state index contributed by atoms with van der Waals surface area (Å²) in [7, 11) is 0. The van der Waals surface area contributed by atoms with Crippen molar-refractivity contribution in [3.63, 3.8) is 0 Å². The van der Waals surface area contributed by atoms with Crippen molar-refractivity contribution in [2.45, 2.75) is 19.3 Å². The molecule has 0 aliphatic heterocycles. The molecular weight excluding hydrogens is 490 g/mol. The second kappa shape index (κ2) is 7.44. The maximum atomic E-state index is 3.63. The Balaban J connectivity index is 1.56. The van der Waals surface area contributed by atoms with Crippen LogP contribution in [-0.2, 0) is 5.41 Å². The van der Waals surface area contributed by atoms with E-state index >= 15 is 0 Å². The summed E-state index contributed by atoms with van der Waals surface area (Å²) < 4.78 is 3.56. The Morgan fingerprint density at radius 1 is 0.600 bits per heavy atom. The molecule has 7 rings (SSSR count). The molecule has 0 N–H and O–H groups in total. The first-order valence-electron chi connectivity index (χ1n) is 12.1. The molecular formula is C33H24BrN. The number of hydrogen-bond donors (Lipinski definition) is 0. The average Bonchev–Trinajstić information content (AvgIpc) is 3.33. The molecule has 168 valence electrons. The van der Waals surface area contributed by atoms with Gasteiger partial charge in [-0.25, -0.2) is 0 Å². The summed E-state index contributed by atoms with van der Waals surface area (Å²) in [5, 5.41) is 2.56. The lowest BCUT2D eigenvalue weighted by atomic mass is 9.82. The first kappa shape index (κ1) is 20.7. The molecule has 0 bridgehead atoms. The second-order valence-electron chi connectivity index (χ2n) is 9.97. The molecule has 0 amide bonds. The van der Waals surface area contributed by atoms with Gasteiger partial charge in [0.05, 0.1) is 16.7 Å². The first-order valence-corrected chi connectivity index (χ1v) is 12.9. The molecule has 1 aromatic heterocycles. The monoisotopic (exact) mass is 513 g/mol. The normalized spacial score (nSPS) is 13.8. The first-order chi connectivity index (χ1) is 17.0. The third kappa shape index (κ3) is 2.93. The van der Waals surface area contributed by atoms with E-state index in [2.05, 4.69) is 144 Å². The Labute approximate surface area is 213 Å². The molecule has 1 aliphatic rings. The fourth-order valence-corrected chi connectivity index (χ4v) is 6.40. The van der Waals surface area contributed by atoms with Crippen LogP contribution in [0.3, 0.4) is 0 Å². The number of nitrogens with zero attached hydrogens (tertiary/aromatic N) is 1. The number of fused-ring (bicyclic) bond motifs is 6. The van der Waals surface area contributed by atoms with Gasteiger partial charge in [-0.1, -0.05) is 103 Å². The van der Waals surface area contributed by atoms with E-state index in [1.807, 2.05) is 0 Å². The quantitative estimate of drug-likeness (QED) is 0.217. The van der Waals surface area contributed by atoms with E-state index < -0.39 is 0 Å². The van der Waals surface area contributed by atoms with E-state index in [9.17, 15) is 0 Å². The van der Waals surface area contributed by atoms with Gasteiger partial charge in [-0.2, -0.15) is 0 Å². The number of hydrogen-bond acceptors (Lipinski definition) is 0. The van der Waals surface area contributed by atoms with Gasteiger partial charge in [0, 0.05) is 26.2 Å². The van der Waals surface area contributed by atoms with Crippen LogP contribution in [0.15, 0.2) is 114 Å². The molecule has 5 aromatic carbocycles. The highest BCUT2D eigenvalue weighted by molar-refractivity contribution is 9.10. The number of para-hydroxylation sites is 1. The number of rotatable bonds is 2. The SMILES string of the molecule is CC1(C)c2ccccc2-c2c(-n3c4ccccc4c4cc(-c5cccc(Br)c5)ccc43)cccc21. The van der Waals surface area contributed by atoms with Crippen molar-refractivity contribution in [2.75, 3.05) is 0 Å². The molecule has 35 heavy (non-hydrogen) atoms. The van der Waals surface area contributed by atoms with E-state index in [1.165, 1.54) is 60.9 Å². The molecule has 0 unspecified atom stereocenters. The molecule has 0 atom stereocenters. The molecule has 1 nitrogen and oxygen atoms in total. The molecule has 1 aliphatic carbocycles. The van der Waals surface area contributed by atoms with E-state index in [0.29, 0.717) is 0 Å². The van der Waals surface area contributed by atoms with Crippen LogP contribution in [0.5, 0.6) is 0 Å². The Bertz CT molecular complexity index is 1790. The van der Waals surface area contributed by atoms with Crippen molar-refractivity contribution in [3.8, 4) is 27.9 Å². The topological polar surface area (TPSA) is 4.93 Å². The number of benzene rings is 5. The Hall–Kier alpha value is -3.62. The summed E-state index contributed by atoms with van der Waals surface area (Å²) in [6, 6.07) is 39.9. The fraction of sp³-hybridized carbons (Fsp3) is 0.0909. The van der Waals surface area contributed by atoms with E-state index in [-0.39, 0.29) is 5.41 Å². The minimum atomic E-state index is -0.0193. The van der Waals surface area contributed by atoms with Gasteiger partial charge < -0.3 is 4.57 Å².